The van der Waals surface area contributed by atoms with Crippen LogP contribution in [0.2, 0.25) is 0 Å². The van der Waals surface area contributed by atoms with Gasteiger partial charge in [-0.1, -0.05) is 0 Å². The summed E-state index contributed by atoms with van der Waals surface area (Å²) < 4.78 is 17.5. The number of methoxy groups -OCH3 is 1. The summed E-state index contributed by atoms with van der Waals surface area (Å²) in [7, 11) is 1.43. The number of aromatic nitrogens is 3. The number of nitrogens with two attached hydrogens (primary N) is 1. The van der Waals surface area contributed by atoms with Gasteiger partial charge in [0, 0.05) is 5.69 Å². The van der Waals surface area contributed by atoms with Gasteiger partial charge in [0.25, 0.3) is 0 Å². The summed E-state index contributed by atoms with van der Waals surface area (Å²) in [6, 6.07) is 5.87. The average molecular weight is 235 g/mol. The van der Waals surface area contributed by atoms with Crippen LogP contribution in [0.25, 0.3) is 0 Å². The normalized spacial score (nSPS) is 10.0. The molecule has 0 aliphatic rings. The lowest BCUT2D eigenvalue weighted by atomic mass is 10.3. The van der Waals surface area contributed by atoms with Gasteiger partial charge in [-0.25, -0.2) is 4.39 Å². The van der Waals surface area contributed by atoms with Crippen LogP contribution in [-0.4, -0.2) is 22.1 Å². The molecule has 0 bridgehead atoms. The molecule has 3 N–H and O–H groups in total. The number of ether oxygens (including phenoxy) is 1. The highest BCUT2D eigenvalue weighted by atomic mass is 19.1. The number of halogens is 1. The molecule has 2 rings (SSSR count). The molecule has 88 valence electrons. The Hall–Kier alpha value is -2.44. The van der Waals surface area contributed by atoms with Gasteiger partial charge in [0.15, 0.2) is 0 Å². The van der Waals surface area contributed by atoms with E-state index < -0.39 is 0 Å². The Labute approximate surface area is 96.7 Å². The Morgan fingerprint density at radius 1 is 1.18 bits per heavy atom. The maximum Gasteiger partial charge on any atom is 0.322 e. The standard InChI is InChI=1S/C10H10FN5O/c1-17-10-15-8(12)14-9(16-10)13-7-4-2-6(11)3-5-7/h2-5H,1H3,(H3,12,13,14,15,16). The van der Waals surface area contributed by atoms with Crippen LogP contribution in [0.4, 0.5) is 22.0 Å². The molecule has 0 saturated heterocycles. The molecule has 0 aliphatic carbocycles. The molecule has 17 heavy (non-hydrogen) atoms. The van der Waals surface area contributed by atoms with Crippen LogP contribution in [0.1, 0.15) is 0 Å². The number of nitrogens with one attached hydrogen (secondary N) is 1. The summed E-state index contributed by atoms with van der Waals surface area (Å²) in [5.41, 5.74) is 6.11. The SMILES string of the molecule is COc1nc(N)nc(Nc2ccc(F)cc2)n1. The molecule has 0 amide bonds. The zero-order valence-corrected chi connectivity index (χ0v) is 9.01. The van der Waals surface area contributed by atoms with Crippen LogP contribution in [0.3, 0.4) is 0 Å². The molecule has 0 atom stereocenters. The molecule has 0 unspecified atom stereocenters. The summed E-state index contributed by atoms with van der Waals surface area (Å²) >= 11 is 0. The first kappa shape index (κ1) is 11.1. The fraction of sp³-hybridized carbons (Fsp3) is 0.100. The minimum atomic E-state index is -0.316. The molecule has 1 aromatic heterocycles. The van der Waals surface area contributed by atoms with E-state index in [0.717, 1.165) is 0 Å². The first-order valence-electron chi connectivity index (χ1n) is 4.75. The largest absolute Gasteiger partial charge is 0.467 e. The van der Waals surface area contributed by atoms with Gasteiger partial charge in [-0.15, -0.1) is 0 Å². The van der Waals surface area contributed by atoms with Gasteiger partial charge < -0.3 is 15.8 Å². The van der Waals surface area contributed by atoms with Crippen molar-refractivity contribution in [2.24, 2.45) is 0 Å². The van der Waals surface area contributed by atoms with Crippen molar-refractivity contribution >= 4 is 17.6 Å². The smallest absolute Gasteiger partial charge is 0.322 e. The lowest BCUT2D eigenvalue weighted by Gasteiger charge is -2.06. The van der Waals surface area contributed by atoms with Gasteiger partial charge in [-0.3, -0.25) is 0 Å². The van der Waals surface area contributed by atoms with Crippen molar-refractivity contribution in [3.8, 4) is 6.01 Å². The van der Waals surface area contributed by atoms with Gasteiger partial charge in [-0.2, -0.15) is 15.0 Å². The fourth-order valence-corrected chi connectivity index (χ4v) is 1.18. The first-order chi connectivity index (χ1) is 8.17. The predicted octanol–water partition coefficient (Wildman–Crippen LogP) is 1.35. The van der Waals surface area contributed by atoms with Gasteiger partial charge >= 0.3 is 6.01 Å². The van der Waals surface area contributed by atoms with Gasteiger partial charge in [0.2, 0.25) is 11.9 Å². The van der Waals surface area contributed by atoms with E-state index in [4.69, 9.17) is 10.5 Å². The molecule has 1 aromatic carbocycles. The Balaban J connectivity index is 2.23. The van der Waals surface area contributed by atoms with Crippen LogP contribution in [0, 0.1) is 5.82 Å². The molecule has 6 nitrogen and oxygen atoms in total. The Bertz CT molecular complexity index is 517. The first-order valence-corrected chi connectivity index (χ1v) is 4.75. The van der Waals surface area contributed by atoms with Crippen molar-refractivity contribution in [3.05, 3.63) is 30.1 Å². The van der Waals surface area contributed by atoms with Crippen LogP contribution >= 0.6 is 0 Å². The highest BCUT2D eigenvalue weighted by Crippen LogP contribution is 2.15. The number of benzene rings is 1. The van der Waals surface area contributed by atoms with E-state index >= 15 is 0 Å². The quantitative estimate of drug-likeness (QED) is 0.835. The molecule has 7 heteroatoms. The number of anilines is 3. The van der Waals surface area contributed by atoms with E-state index in [-0.39, 0.29) is 23.7 Å². The molecule has 0 radical (unpaired) electrons. The summed E-state index contributed by atoms with van der Waals surface area (Å²) in [5.74, 6) is -0.0364. The summed E-state index contributed by atoms with van der Waals surface area (Å²) in [6.45, 7) is 0. The third-order valence-corrected chi connectivity index (χ3v) is 1.92. The topological polar surface area (TPSA) is 86.0 Å². The summed E-state index contributed by atoms with van der Waals surface area (Å²) in [5, 5.41) is 2.86. The number of rotatable bonds is 3. The molecule has 1 heterocycles. The highest BCUT2D eigenvalue weighted by molar-refractivity contribution is 5.53. The van der Waals surface area contributed by atoms with E-state index in [1.54, 1.807) is 12.1 Å². The molecule has 2 aromatic rings. The van der Waals surface area contributed by atoms with Gasteiger partial charge in [-0.05, 0) is 24.3 Å². The van der Waals surface area contributed by atoms with Crippen LogP contribution in [0.5, 0.6) is 6.01 Å². The van der Waals surface area contributed by atoms with E-state index in [1.807, 2.05) is 0 Å². The summed E-state index contributed by atoms with van der Waals surface area (Å²) in [4.78, 5) is 11.6. The van der Waals surface area contributed by atoms with E-state index in [2.05, 4.69) is 20.3 Å². The number of hydrogen-bond donors (Lipinski definition) is 2. The predicted molar refractivity (Wildman–Crippen MR) is 60.5 cm³/mol. The maximum atomic E-state index is 12.7. The van der Waals surface area contributed by atoms with E-state index in [1.165, 1.54) is 19.2 Å². The minimum Gasteiger partial charge on any atom is -0.467 e. The van der Waals surface area contributed by atoms with Crippen molar-refractivity contribution in [1.29, 1.82) is 0 Å². The van der Waals surface area contributed by atoms with E-state index in [0.29, 0.717) is 5.69 Å². The third kappa shape index (κ3) is 2.77. The molecule has 0 spiro atoms. The van der Waals surface area contributed by atoms with Crippen LogP contribution in [0.15, 0.2) is 24.3 Å². The number of nitrogens with zero attached hydrogens (tertiary/aromatic N) is 3. The summed E-state index contributed by atoms with van der Waals surface area (Å²) in [6.07, 6.45) is 0. The lowest BCUT2D eigenvalue weighted by Crippen LogP contribution is -2.05. The molecule has 0 fully saturated rings. The third-order valence-electron chi connectivity index (χ3n) is 1.92. The Morgan fingerprint density at radius 2 is 1.88 bits per heavy atom. The molecular weight excluding hydrogens is 225 g/mol. The zero-order valence-electron chi connectivity index (χ0n) is 9.01. The van der Waals surface area contributed by atoms with Crippen molar-refractivity contribution in [2.75, 3.05) is 18.2 Å². The van der Waals surface area contributed by atoms with E-state index in [9.17, 15) is 4.39 Å². The number of hydrogen-bond acceptors (Lipinski definition) is 6. The van der Waals surface area contributed by atoms with Crippen molar-refractivity contribution in [2.45, 2.75) is 0 Å². The van der Waals surface area contributed by atoms with Gasteiger partial charge in [0.1, 0.15) is 5.82 Å². The van der Waals surface area contributed by atoms with Crippen LogP contribution in [-0.2, 0) is 0 Å². The fourth-order valence-electron chi connectivity index (χ4n) is 1.18. The molecule has 0 saturated carbocycles. The lowest BCUT2D eigenvalue weighted by molar-refractivity contribution is 0.380. The average Bonchev–Trinajstić information content (AvgIpc) is 2.31. The maximum absolute atomic E-state index is 12.7. The monoisotopic (exact) mass is 235 g/mol. The Morgan fingerprint density at radius 3 is 2.53 bits per heavy atom. The van der Waals surface area contributed by atoms with Crippen molar-refractivity contribution in [1.82, 2.24) is 15.0 Å². The van der Waals surface area contributed by atoms with Crippen molar-refractivity contribution in [3.63, 3.8) is 0 Å². The minimum absolute atomic E-state index is 0.0430. The van der Waals surface area contributed by atoms with Crippen LogP contribution < -0.4 is 15.8 Å². The molecular formula is C10H10FN5O. The number of nitrogen functional groups attached to an aromatic ring is 1. The molecule has 0 aliphatic heterocycles. The zero-order chi connectivity index (χ0) is 12.3. The van der Waals surface area contributed by atoms with Gasteiger partial charge in [0.05, 0.1) is 7.11 Å². The second kappa shape index (κ2) is 4.60. The second-order valence-corrected chi connectivity index (χ2v) is 3.14. The Kier molecular flexibility index (Phi) is 2.99. The highest BCUT2D eigenvalue weighted by Gasteiger charge is 2.04. The second-order valence-electron chi connectivity index (χ2n) is 3.14. The van der Waals surface area contributed by atoms with Crippen molar-refractivity contribution < 1.29 is 9.13 Å².